The Morgan fingerprint density at radius 2 is 1.64 bits per heavy atom. The molecule has 0 aromatic heterocycles. The average molecular weight is 711 g/mol. The van der Waals surface area contributed by atoms with Crippen LogP contribution in [0, 0.1) is 17.6 Å². The minimum atomic E-state index is -4.74. The van der Waals surface area contributed by atoms with E-state index in [0.717, 1.165) is 24.3 Å². The highest BCUT2D eigenvalue weighted by atomic mass is 35.5. The maximum atomic E-state index is 15.3. The van der Waals surface area contributed by atoms with Gasteiger partial charge in [0.05, 0.1) is 21.5 Å². The molecule has 1 amide bonds. The Balaban J connectivity index is 1.51. The first-order valence-electron chi connectivity index (χ1n) is 13.4. The summed E-state index contributed by atoms with van der Waals surface area (Å²) in [5, 5.41) is 1.97. The van der Waals surface area contributed by atoms with Gasteiger partial charge < -0.3 is 10.1 Å². The van der Waals surface area contributed by atoms with E-state index in [1.165, 1.54) is 31.2 Å². The summed E-state index contributed by atoms with van der Waals surface area (Å²) in [4.78, 5) is 38.6. The minimum Gasteiger partial charge on any atom is -0.371 e. The van der Waals surface area contributed by atoms with Crippen molar-refractivity contribution in [3.05, 3.63) is 98.0 Å². The number of anilines is 1. The number of ether oxygens (including phenoxy) is 1. The van der Waals surface area contributed by atoms with Gasteiger partial charge in [0.2, 0.25) is 5.91 Å². The molecular formula is C31H24Cl4F5NO4. The highest BCUT2D eigenvalue weighted by molar-refractivity contribution is 6.53. The van der Waals surface area contributed by atoms with Crippen molar-refractivity contribution in [2.45, 2.75) is 49.2 Å². The van der Waals surface area contributed by atoms with Crippen LogP contribution in [0.5, 0.6) is 0 Å². The van der Waals surface area contributed by atoms with Crippen LogP contribution in [0.2, 0.25) is 10.0 Å². The molecule has 0 saturated heterocycles. The fourth-order valence-corrected chi connectivity index (χ4v) is 6.21. The molecule has 4 rings (SSSR count). The van der Waals surface area contributed by atoms with Gasteiger partial charge in [-0.25, -0.2) is 8.78 Å². The Labute approximate surface area is 274 Å². The lowest BCUT2D eigenvalue weighted by Gasteiger charge is -2.13. The number of ketones is 2. The summed E-state index contributed by atoms with van der Waals surface area (Å²) in [6.07, 6.45) is -6.76. The largest absolute Gasteiger partial charge is 0.417 e. The first-order valence-corrected chi connectivity index (χ1v) is 15.0. The second-order valence-corrected chi connectivity index (χ2v) is 12.6. The van der Waals surface area contributed by atoms with Crippen molar-refractivity contribution in [3.63, 3.8) is 0 Å². The molecule has 0 radical (unpaired) electrons. The van der Waals surface area contributed by atoms with E-state index in [1.54, 1.807) is 6.92 Å². The summed E-state index contributed by atoms with van der Waals surface area (Å²) in [6, 6.07) is 9.05. The van der Waals surface area contributed by atoms with Crippen molar-refractivity contribution in [3.8, 4) is 0 Å². The summed E-state index contributed by atoms with van der Waals surface area (Å²) in [5.41, 5.74) is -1.77. The molecule has 1 fully saturated rings. The summed E-state index contributed by atoms with van der Waals surface area (Å²) < 4.78 is 73.2. The summed E-state index contributed by atoms with van der Waals surface area (Å²) in [6.45, 7) is 3.37. The Hall–Kier alpha value is -2.76. The van der Waals surface area contributed by atoms with Crippen LogP contribution in [0.25, 0.3) is 0 Å². The molecule has 0 aliphatic heterocycles. The second kappa shape index (κ2) is 13.5. The van der Waals surface area contributed by atoms with Gasteiger partial charge in [-0.1, -0.05) is 35.3 Å². The van der Waals surface area contributed by atoms with Gasteiger partial charge in [0, 0.05) is 42.2 Å². The van der Waals surface area contributed by atoms with Gasteiger partial charge in [-0.2, -0.15) is 13.2 Å². The number of nitrogens with one attached hydrogen (secondary N) is 1. The zero-order valence-electron chi connectivity index (χ0n) is 23.5. The van der Waals surface area contributed by atoms with Gasteiger partial charge in [0.25, 0.3) is 0 Å². The average Bonchev–Trinajstić information content (AvgIpc) is 3.54. The Kier molecular flexibility index (Phi) is 10.6. The lowest BCUT2D eigenvalue weighted by atomic mass is 9.97. The van der Waals surface area contributed by atoms with Gasteiger partial charge in [-0.3, -0.25) is 14.4 Å². The molecule has 1 unspecified atom stereocenters. The van der Waals surface area contributed by atoms with Gasteiger partial charge >= 0.3 is 6.18 Å². The van der Waals surface area contributed by atoms with Crippen LogP contribution < -0.4 is 5.32 Å². The molecule has 5 nitrogen and oxygen atoms in total. The first kappa shape index (κ1) is 35.1. The van der Waals surface area contributed by atoms with Crippen LogP contribution in [0.1, 0.15) is 52.4 Å². The van der Waals surface area contributed by atoms with Crippen molar-refractivity contribution in [1.82, 2.24) is 0 Å². The van der Waals surface area contributed by atoms with Crippen LogP contribution in [0.3, 0.4) is 0 Å². The van der Waals surface area contributed by atoms with Crippen molar-refractivity contribution >= 4 is 69.6 Å². The van der Waals surface area contributed by atoms with Crippen molar-refractivity contribution in [2.24, 2.45) is 5.92 Å². The molecule has 3 aromatic carbocycles. The van der Waals surface area contributed by atoms with Crippen LogP contribution in [-0.2, 0) is 33.3 Å². The number of amides is 1. The smallest absolute Gasteiger partial charge is 0.371 e. The summed E-state index contributed by atoms with van der Waals surface area (Å²) in [7, 11) is 0. The number of hydrogen-bond acceptors (Lipinski definition) is 4. The second-order valence-electron chi connectivity index (χ2n) is 10.4. The van der Waals surface area contributed by atoms with Crippen molar-refractivity contribution < 1.29 is 41.1 Å². The van der Waals surface area contributed by atoms with Gasteiger partial charge in [-0.05, 0) is 61.4 Å². The van der Waals surface area contributed by atoms with E-state index < -0.39 is 86.5 Å². The van der Waals surface area contributed by atoms with Crippen molar-refractivity contribution in [1.29, 1.82) is 0 Å². The number of alkyl halides is 5. The predicted octanol–water partition coefficient (Wildman–Crippen LogP) is 8.78. The van der Waals surface area contributed by atoms with E-state index in [1.807, 2.05) is 0 Å². The standard InChI is InChI=1S/C31H24Cl4F5NO4/c1-3-45-14(2)24(42)13-19-23(36)9-5-16(28(19)37)11-25(43)18-12-17(6-8-21(18)32)41-29(44)27-26(30(27,34)35)15-4-7-22(33)20(10-15)31(38,39)40/h4-10,12,14,26-27H,3,11,13H2,1-2H3,(H,41,44)/t14?,26-,27+/m0/s1. The lowest BCUT2D eigenvalue weighted by Crippen LogP contribution is -2.24. The Morgan fingerprint density at radius 3 is 2.29 bits per heavy atom. The van der Waals surface area contributed by atoms with Gasteiger partial charge in [0.1, 0.15) is 22.1 Å². The number of carbonyl (C=O) groups excluding carboxylic acids is 3. The third kappa shape index (κ3) is 7.63. The van der Waals surface area contributed by atoms with Gasteiger partial charge in [0.15, 0.2) is 11.6 Å². The third-order valence-corrected chi connectivity index (χ3v) is 8.96. The van der Waals surface area contributed by atoms with Crippen LogP contribution in [0.4, 0.5) is 27.6 Å². The number of Topliss-reactive ketones (excluding diaryl/α,β-unsaturated/α-hetero) is 2. The topological polar surface area (TPSA) is 72.5 Å². The Morgan fingerprint density at radius 1 is 0.978 bits per heavy atom. The lowest BCUT2D eigenvalue weighted by molar-refractivity contribution is -0.137. The molecular weight excluding hydrogens is 687 g/mol. The molecule has 3 aromatic rings. The maximum Gasteiger partial charge on any atom is 0.417 e. The van der Waals surface area contributed by atoms with Crippen LogP contribution >= 0.6 is 46.4 Å². The predicted molar refractivity (Wildman–Crippen MR) is 161 cm³/mol. The zero-order valence-corrected chi connectivity index (χ0v) is 26.5. The molecule has 240 valence electrons. The number of rotatable bonds is 11. The maximum absolute atomic E-state index is 15.3. The zero-order chi connectivity index (χ0) is 33.4. The molecule has 45 heavy (non-hydrogen) atoms. The molecule has 1 aliphatic rings. The molecule has 0 heterocycles. The normalized spacial score (nSPS) is 17.9. The molecule has 1 N–H and O–H groups in total. The molecule has 1 saturated carbocycles. The number of hydrogen-bond donors (Lipinski definition) is 1. The van der Waals surface area contributed by atoms with Gasteiger partial charge in [-0.15, -0.1) is 23.2 Å². The fraction of sp³-hybridized carbons (Fsp3) is 0.323. The van der Waals surface area contributed by atoms with Crippen molar-refractivity contribution in [2.75, 3.05) is 11.9 Å². The number of benzene rings is 3. The number of halogens is 9. The fourth-order valence-electron chi connectivity index (χ4n) is 4.93. The monoisotopic (exact) mass is 709 g/mol. The summed E-state index contributed by atoms with van der Waals surface area (Å²) in [5.74, 6) is -6.13. The molecule has 0 bridgehead atoms. The van der Waals surface area contributed by atoms with Crippen LogP contribution in [-0.4, -0.2) is 34.5 Å². The molecule has 0 spiro atoms. The van der Waals surface area contributed by atoms with E-state index in [9.17, 15) is 31.9 Å². The highest BCUT2D eigenvalue weighted by Crippen LogP contribution is 2.65. The van der Waals surface area contributed by atoms with E-state index in [2.05, 4.69) is 5.32 Å². The summed E-state index contributed by atoms with van der Waals surface area (Å²) >= 11 is 24.5. The molecule has 3 atom stereocenters. The van der Waals surface area contributed by atoms with E-state index in [4.69, 9.17) is 51.1 Å². The molecule has 14 heteroatoms. The molecule has 1 aliphatic carbocycles. The highest BCUT2D eigenvalue weighted by Gasteiger charge is 2.67. The third-order valence-electron chi connectivity index (χ3n) is 7.36. The van der Waals surface area contributed by atoms with E-state index in [0.29, 0.717) is 0 Å². The van der Waals surface area contributed by atoms with E-state index in [-0.39, 0.29) is 34.0 Å². The Bertz CT molecular complexity index is 1660. The SMILES string of the molecule is CCOC(C)C(=O)Cc1c(F)ccc(CC(=O)c2cc(NC(=O)[C@H]3[C@H](c4ccc(Cl)c(C(F)(F)F)c4)C3(Cl)Cl)ccc2Cl)c1F. The minimum absolute atomic E-state index is 0.0318. The van der Waals surface area contributed by atoms with Crippen LogP contribution in [0.15, 0.2) is 48.5 Å². The first-order chi connectivity index (χ1) is 21.0. The number of carbonyl (C=O) groups is 3. The quantitative estimate of drug-likeness (QED) is 0.123. The van der Waals surface area contributed by atoms with E-state index >= 15 is 4.39 Å².